The third-order valence-electron chi connectivity index (χ3n) is 5.39. The number of phenols is 1. The second kappa shape index (κ2) is 9.28. The molecule has 3 aromatic rings. The number of halogens is 4. The summed E-state index contributed by atoms with van der Waals surface area (Å²) in [6.45, 7) is 3.48. The van der Waals surface area contributed by atoms with Crippen molar-refractivity contribution in [3.8, 4) is 11.5 Å². The van der Waals surface area contributed by atoms with E-state index in [0.29, 0.717) is 41.2 Å². The van der Waals surface area contributed by atoms with E-state index >= 15 is 0 Å². The smallest absolute Gasteiger partial charge is 0.871 e. The molecule has 11 heteroatoms. The van der Waals surface area contributed by atoms with Crippen LogP contribution < -0.4 is 34.7 Å². The van der Waals surface area contributed by atoms with E-state index in [4.69, 9.17) is 4.18 Å². The number of hydrogen-bond acceptors (Lipinski definition) is 5. The maximum absolute atomic E-state index is 13.1. The molecule has 0 aliphatic carbocycles. The Morgan fingerprint density at radius 1 is 0.906 bits per heavy atom. The van der Waals surface area contributed by atoms with Gasteiger partial charge in [0.2, 0.25) is 0 Å². The van der Waals surface area contributed by atoms with Gasteiger partial charge in [-0.15, -0.1) is 0 Å². The maximum atomic E-state index is 13.1. The molecule has 0 aromatic heterocycles. The standard InChI is InChI=1S/C21H14Br4O5S.Na/c1-9-12(7-14(22)19(26)17(9)24)21(13-8-15(23)20(27)18(25)10(13)2)11-5-3-4-6-16(11)31(28,29)30-21;/h3-8,26-27H,1-2H3;/q;+1/p-1. The van der Waals surface area contributed by atoms with Gasteiger partial charge in [-0.2, -0.15) is 8.42 Å². The van der Waals surface area contributed by atoms with Gasteiger partial charge in [-0.1, -0.05) is 55.8 Å². The molecule has 5 nitrogen and oxygen atoms in total. The van der Waals surface area contributed by atoms with Crippen LogP contribution in [-0.2, 0) is 19.9 Å². The summed E-state index contributed by atoms with van der Waals surface area (Å²) in [5.41, 5.74) is 0.944. The molecule has 3 aromatic carbocycles. The fourth-order valence-corrected chi connectivity index (χ4v) is 7.54. The number of phenolic OH excluding ortho intramolecular Hbond substituents is 1. The monoisotopic (exact) mass is 716 g/mol. The van der Waals surface area contributed by atoms with Crippen LogP contribution in [-0.4, -0.2) is 13.5 Å². The summed E-state index contributed by atoms with van der Waals surface area (Å²) in [7, 11) is -4.12. The average Bonchev–Trinajstić information content (AvgIpc) is 2.98. The maximum Gasteiger partial charge on any atom is 1.00 e. The van der Waals surface area contributed by atoms with Crippen molar-refractivity contribution in [2.75, 3.05) is 0 Å². The molecule has 1 unspecified atom stereocenters. The van der Waals surface area contributed by atoms with Crippen LogP contribution in [0.3, 0.4) is 0 Å². The van der Waals surface area contributed by atoms with Crippen molar-refractivity contribution < 1.29 is 52.4 Å². The number of fused-ring (bicyclic) bond motifs is 1. The van der Waals surface area contributed by atoms with Crippen LogP contribution in [0.5, 0.6) is 11.5 Å². The molecular weight excluding hydrogens is 707 g/mol. The van der Waals surface area contributed by atoms with E-state index in [1.165, 1.54) is 6.07 Å². The van der Waals surface area contributed by atoms with Crippen LogP contribution in [0.2, 0.25) is 0 Å². The van der Waals surface area contributed by atoms with Gasteiger partial charge in [0.25, 0.3) is 10.1 Å². The molecule has 1 heterocycles. The molecule has 4 rings (SSSR count). The first-order valence-electron chi connectivity index (χ1n) is 8.82. The Balaban J connectivity index is 0.00000289. The van der Waals surface area contributed by atoms with Gasteiger partial charge in [0.1, 0.15) is 10.6 Å². The molecule has 162 valence electrons. The largest absolute Gasteiger partial charge is 1.00 e. The van der Waals surface area contributed by atoms with E-state index in [9.17, 15) is 18.6 Å². The fraction of sp³-hybridized carbons (Fsp3) is 0.143. The minimum atomic E-state index is -4.12. The molecular formula is C21H13Br4NaO5S. The van der Waals surface area contributed by atoms with Gasteiger partial charge < -0.3 is 10.2 Å². The van der Waals surface area contributed by atoms with Crippen LogP contribution in [0.15, 0.2) is 59.2 Å². The zero-order chi connectivity index (χ0) is 22.9. The number of aromatic hydroxyl groups is 1. The van der Waals surface area contributed by atoms with Gasteiger partial charge >= 0.3 is 29.6 Å². The molecule has 1 aliphatic rings. The minimum absolute atomic E-state index is 0. The molecule has 0 bridgehead atoms. The van der Waals surface area contributed by atoms with Crippen LogP contribution in [0.1, 0.15) is 27.8 Å². The Bertz CT molecular complexity index is 1310. The van der Waals surface area contributed by atoms with Gasteiger partial charge in [-0.3, -0.25) is 0 Å². The van der Waals surface area contributed by atoms with Gasteiger partial charge in [0, 0.05) is 14.5 Å². The van der Waals surface area contributed by atoms with E-state index in [1.807, 2.05) is 0 Å². The van der Waals surface area contributed by atoms with E-state index in [0.717, 1.165) is 0 Å². The Hall–Kier alpha value is 0.0900. The van der Waals surface area contributed by atoms with Crippen molar-refractivity contribution in [2.45, 2.75) is 24.3 Å². The molecule has 0 saturated carbocycles. The second-order valence-corrected chi connectivity index (χ2v) is 11.9. The molecule has 0 saturated heterocycles. The summed E-state index contributed by atoms with van der Waals surface area (Å²) >= 11 is 13.4. The van der Waals surface area contributed by atoms with Crippen molar-refractivity contribution in [2.24, 2.45) is 0 Å². The zero-order valence-electron chi connectivity index (χ0n) is 17.0. The predicted octanol–water partition coefficient (Wildman–Crippen LogP) is 3.15. The average molecular weight is 720 g/mol. The molecule has 1 aliphatic heterocycles. The molecule has 1 atom stereocenters. The SMILES string of the molecule is Cc1c(C2(c3cc(Br)c(O)c(Br)c3C)OS(=O)(=O)c3ccccc32)cc(Br)c([O-])c1Br.[Na+]. The van der Waals surface area contributed by atoms with Crippen LogP contribution in [0, 0.1) is 13.8 Å². The first-order chi connectivity index (χ1) is 14.4. The van der Waals surface area contributed by atoms with E-state index in [2.05, 4.69) is 63.7 Å². The summed E-state index contributed by atoms with van der Waals surface area (Å²) in [5, 5.41) is 22.9. The third-order valence-corrected chi connectivity index (χ3v) is 9.87. The predicted molar refractivity (Wildman–Crippen MR) is 129 cm³/mol. The molecule has 32 heavy (non-hydrogen) atoms. The van der Waals surface area contributed by atoms with Gasteiger partial charge in [0.15, 0.2) is 5.60 Å². The van der Waals surface area contributed by atoms with Crippen LogP contribution >= 0.6 is 63.7 Å². The molecule has 0 fully saturated rings. The summed E-state index contributed by atoms with van der Waals surface area (Å²) < 4.78 is 33.5. The third kappa shape index (κ3) is 3.87. The Labute approximate surface area is 241 Å². The van der Waals surface area contributed by atoms with Crippen molar-refractivity contribution in [1.82, 2.24) is 0 Å². The number of rotatable bonds is 2. The summed E-state index contributed by atoms with van der Waals surface area (Å²) in [6, 6.07) is 9.78. The van der Waals surface area contributed by atoms with Crippen molar-refractivity contribution in [3.05, 3.63) is 82.1 Å². The molecule has 0 radical (unpaired) electrons. The quantitative estimate of drug-likeness (QED) is 0.325. The van der Waals surface area contributed by atoms with Crippen LogP contribution in [0.4, 0.5) is 0 Å². The molecule has 0 spiro atoms. The summed E-state index contributed by atoms with van der Waals surface area (Å²) in [6.07, 6.45) is 0. The normalized spacial score (nSPS) is 18.8. The Kier molecular flexibility index (Phi) is 7.74. The van der Waals surface area contributed by atoms with Crippen molar-refractivity contribution >= 4 is 73.8 Å². The van der Waals surface area contributed by atoms with Crippen LogP contribution in [0.25, 0.3) is 0 Å². The molecule has 1 N–H and O–H groups in total. The number of benzene rings is 3. The fourth-order valence-electron chi connectivity index (χ4n) is 3.88. The number of hydrogen-bond donors (Lipinski definition) is 1. The minimum Gasteiger partial charge on any atom is -0.871 e. The van der Waals surface area contributed by atoms with E-state index in [-0.39, 0.29) is 50.4 Å². The first-order valence-corrected chi connectivity index (χ1v) is 13.4. The van der Waals surface area contributed by atoms with Crippen molar-refractivity contribution in [3.63, 3.8) is 0 Å². The summed E-state index contributed by atoms with van der Waals surface area (Å²) in [4.78, 5) is 0.0487. The first kappa shape index (κ1) is 26.7. The van der Waals surface area contributed by atoms with E-state index < -0.39 is 15.7 Å². The Morgan fingerprint density at radius 2 is 1.44 bits per heavy atom. The topological polar surface area (TPSA) is 86.7 Å². The van der Waals surface area contributed by atoms with Gasteiger partial charge in [0.05, 0.1) is 8.95 Å². The van der Waals surface area contributed by atoms with Crippen molar-refractivity contribution in [1.29, 1.82) is 0 Å². The second-order valence-electron chi connectivity index (χ2n) is 7.08. The molecule has 0 amide bonds. The van der Waals surface area contributed by atoms with Gasteiger partial charge in [-0.05, 0) is 86.2 Å². The zero-order valence-corrected chi connectivity index (χ0v) is 26.1. The van der Waals surface area contributed by atoms with Gasteiger partial charge in [-0.25, -0.2) is 4.18 Å². The summed E-state index contributed by atoms with van der Waals surface area (Å²) in [5.74, 6) is -0.269. The van der Waals surface area contributed by atoms with E-state index in [1.54, 1.807) is 44.2 Å². The Morgan fingerprint density at radius 3 is 2.06 bits per heavy atom.